The summed E-state index contributed by atoms with van der Waals surface area (Å²) in [4.78, 5) is 13.9. The molecule has 152 valence electrons. The molecule has 3 aromatic rings. The molecular weight excluding hydrogens is 387 g/mol. The molecule has 5 nitrogen and oxygen atoms in total. The normalized spacial score (nSPS) is 18.1. The topological polar surface area (TPSA) is 51.5 Å². The van der Waals surface area contributed by atoms with E-state index in [-0.39, 0.29) is 11.9 Å². The van der Waals surface area contributed by atoms with Crippen LogP contribution in [0.1, 0.15) is 41.2 Å². The molecule has 2 aliphatic rings. The summed E-state index contributed by atoms with van der Waals surface area (Å²) in [6.07, 6.45) is 3.46. The van der Waals surface area contributed by atoms with Gasteiger partial charge in [-0.05, 0) is 49.4 Å². The lowest BCUT2D eigenvalue weighted by Gasteiger charge is -2.23. The van der Waals surface area contributed by atoms with Crippen LogP contribution in [-0.2, 0) is 24.1 Å². The first kappa shape index (κ1) is 18.9. The molecule has 0 unspecified atom stereocenters. The Balaban J connectivity index is 1.49. The number of hydrogen-bond acceptors (Lipinski definition) is 5. The first-order valence-electron chi connectivity index (χ1n) is 10.4. The number of morpholine rings is 1. The van der Waals surface area contributed by atoms with Gasteiger partial charge in [-0.1, -0.05) is 12.1 Å². The second-order valence-electron chi connectivity index (χ2n) is 7.98. The number of aryl methyl sites for hydroxylation is 2. The van der Waals surface area contributed by atoms with Crippen LogP contribution in [0.5, 0.6) is 0 Å². The van der Waals surface area contributed by atoms with Crippen LogP contribution >= 0.6 is 11.3 Å². The Labute approximate surface area is 173 Å². The molecule has 1 aromatic carbocycles. The number of halogens is 1. The Hall–Kier alpha value is -2.09. The van der Waals surface area contributed by atoms with Crippen molar-refractivity contribution >= 4 is 27.4 Å². The van der Waals surface area contributed by atoms with Crippen molar-refractivity contribution in [2.24, 2.45) is 0 Å². The molecule has 1 atom stereocenters. The Morgan fingerprint density at radius 3 is 2.76 bits per heavy atom. The summed E-state index contributed by atoms with van der Waals surface area (Å²) in [5.41, 5.74) is 2.47. The van der Waals surface area contributed by atoms with E-state index in [0.717, 1.165) is 67.7 Å². The van der Waals surface area contributed by atoms with Gasteiger partial charge in [-0.2, -0.15) is 0 Å². The number of aromatic nitrogens is 2. The highest BCUT2D eigenvalue weighted by atomic mass is 32.1. The number of quaternary nitrogens is 1. The highest BCUT2D eigenvalue weighted by Crippen LogP contribution is 2.40. The van der Waals surface area contributed by atoms with E-state index in [2.05, 4.69) is 12.2 Å². The molecule has 0 bridgehead atoms. The molecule has 1 aliphatic carbocycles. The molecule has 2 N–H and O–H groups in total. The minimum absolute atomic E-state index is 0.0363. The smallest absolute Gasteiger partial charge is 0.187 e. The Morgan fingerprint density at radius 1 is 1.17 bits per heavy atom. The predicted octanol–water partition coefficient (Wildman–Crippen LogP) is 2.91. The summed E-state index contributed by atoms with van der Waals surface area (Å²) >= 11 is 1.83. The molecule has 3 heterocycles. The second kappa shape index (κ2) is 7.97. The first-order valence-corrected chi connectivity index (χ1v) is 11.2. The quantitative estimate of drug-likeness (QED) is 0.675. The van der Waals surface area contributed by atoms with Crippen LogP contribution in [0, 0.1) is 5.82 Å². The second-order valence-corrected chi connectivity index (χ2v) is 9.07. The zero-order valence-electron chi connectivity index (χ0n) is 16.6. The van der Waals surface area contributed by atoms with Crippen molar-refractivity contribution in [1.29, 1.82) is 0 Å². The number of anilines is 1. The van der Waals surface area contributed by atoms with Gasteiger partial charge in [-0.15, -0.1) is 11.3 Å². The molecule has 29 heavy (non-hydrogen) atoms. The van der Waals surface area contributed by atoms with Gasteiger partial charge in [0.15, 0.2) is 5.82 Å². The van der Waals surface area contributed by atoms with E-state index < -0.39 is 0 Å². The Bertz CT molecular complexity index is 1010. The lowest BCUT2D eigenvalue weighted by atomic mass is 10.1. The van der Waals surface area contributed by atoms with Crippen LogP contribution < -0.4 is 10.2 Å². The average molecular weight is 414 g/mol. The van der Waals surface area contributed by atoms with E-state index in [1.807, 2.05) is 23.5 Å². The summed E-state index contributed by atoms with van der Waals surface area (Å²) in [7, 11) is 0. The number of ether oxygens (including phenoxy) is 1. The molecule has 1 aliphatic heterocycles. The highest BCUT2D eigenvalue weighted by Gasteiger charge is 2.24. The highest BCUT2D eigenvalue weighted by molar-refractivity contribution is 7.19. The molecule has 0 saturated carbocycles. The molecule has 2 aromatic heterocycles. The number of benzene rings is 1. The van der Waals surface area contributed by atoms with Crippen molar-refractivity contribution in [2.45, 2.75) is 38.8 Å². The standard InChI is InChI=1S/C22H25FN4OS/c1-14(15-5-7-16(23)8-6-15)24-21-20-17-3-2-4-18(17)29-22(20)26-19(25-21)13-27-9-11-28-12-10-27/h5-8,14H,2-4,9-13H2,1H3,(H,24,25,26)/p+1/t14-/m1/s1. The number of rotatable bonds is 5. The average Bonchev–Trinajstić information content (AvgIpc) is 3.30. The van der Waals surface area contributed by atoms with E-state index in [1.54, 1.807) is 0 Å². The zero-order valence-corrected chi connectivity index (χ0v) is 17.4. The van der Waals surface area contributed by atoms with Gasteiger partial charge in [0, 0.05) is 10.9 Å². The largest absolute Gasteiger partial charge is 0.370 e. The lowest BCUT2D eigenvalue weighted by molar-refractivity contribution is -0.922. The fraction of sp³-hybridized carbons (Fsp3) is 0.455. The predicted molar refractivity (Wildman–Crippen MR) is 113 cm³/mol. The summed E-state index contributed by atoms with van der Waals surface area (Å²) in [6.45, 7) is 6.52. The van der Waals surface area contributed by atoms with Gasteiger partial charge in [-0.25, -0.2) is 14.4 Å². The van der Waals surface area contributed by atoms with Gasteiger partial charge in [-0.3, -0.25) is 0 Å². The number of fused-ring (bicyclic) bond motifs is 3. The molecule has 0 amide bonds. The fourth-order valence-corrected chi connectivity index (χ4v) is 5.60. The van der Waals surface area contributed by atoms with Crippen LogP contribution in [0.15, 0.2) is 24.3 Å². The minimum atomic E-state index is -0.211. The summed E-state index contributed by atoms with van der Waals surface area (Å²) in [6, 6.07) is 6.73. The third kappa shape index (κ3) is 3.86. The zero-order chi connectivity index (χ0) is 19.8. The van der Waals surface area contributed by atoms with Gasteiger partial charge in [0.25, 0.3) is 0 Å². The van der Waals surface area contributed by atoms with Gasteiger partial charge >= 0.3 is 0 Å². The Morgan fingerprint density at radius 2 is 1.97 bits per heavy atom. The number of nitrogens with zero attached hydrogens (tertiary/aromatic N) is 2. The molecule has 0 radical (unpaired) electrons. The van der Waals surface area contributed by atoms with Gasteiger partial charge in [0.2, 0.25) is 0 Å². The molecular formula is C22H26FN4OS+. The first-order chi connectivity index (χ1) is 14.2. The monoisotopic (exact) mass is 413 g/mol. The summed E-state index contributed by atoms with van der Waals surface area (Å²) in [5, 5.41) is 4.81. The van der Waals surface area contributed by atoms with Gasteiger partial charge < -0.3 is 15.0 Å². The third-order valence-corrected chi connectivity index (χ3v) is 7.13. The van der Waals surface area contributed by atoms with E-state index in [1.165, 1.54) is 39.3 Å². The third-order valence-electron chi connectivity index (χ3n) is 5.94. The van der Waals surface area contributed by atoms with E-state index in [4.69, 9.17) is 14.7 Å². The van der Waals surface area contributed by atoms with Crippen molar-refractivity contribution in [3.05, 3.63) is 51.9 Å². The summed E-state index contributed by atoms with van der Waals surface area (Å²) in [5.74, 6) is 1.61. The maximum absolute atomic E-state index is 13.3. The van der Waals surface area contributed by atoms with Crippen molar-refractivity contribution in [3.63, 3.8) is 0 Å². The van der Waals surface area contributed by atoms with Crippen LogP contribution in [0.3, 0.4) is 0 Å². The Kier molecular flexibility index (Phi) is 5.20. The number of hydrogen-bond donors (Lipinski definition) is 2. The molecule has 0 spiro atoms. The molecule has 7 heteroatoms. The van der Waals surface area contributed by atoms with Crippen LogP contribution in [0.4, 0.5) is 10.2 Å². The lowest BCUT2D eigenvalue weighted by Crippen LogP contribution is -3.12. The van der Waals surface area contributed by atoms with Crippen LogP contribution in [-0.4, -0.2) is 36.3 Å². The van der Waals surface area contributed by atoms with E-state index in [0.29, 0.717) is 0 Å². The minimum Gasteiger partial charge on any atom is -0.370 e. The maximum Gasteiger partial charge on any atom is 0.187 e. The molecule has 1 saturated heterocycles. The van der Waals surface area contributed by atoms with E-state index in [9.17, 15) is 4.39 Å². The maximum atomic E-state index is 13.3. The summed E-state index contributed by atoms with van der Waals surface area (Å²) < 4.78 is 18.8. The van der Waals surface area contributed by atoms with Gasteiger partial charge in [0.05, 0.1) is 18.6 Å². The van der Waals surface area contributed by atoms with Crippen molar-refractivity contribution in [1.82, 2.24) is 9.97 Å². The van der Waals surface area contributed by atoms with Crippen molar-refractivity contribution < 1.29 is 14.0 Å². The number of nitrogens with one attached hydrogen (secondary N) is 2. The van der Waals surface area contributed by atoms with Gasteiger partial charge in [0.1, 0.15) is 36.1 Å². The number of thiophene rings is 1. The van der Waals surface area contributed by atoms with Crippen molar-refractivity contribution in [3.8, 4) is 0 Å². The van der Waals surface area contributed by atoms with Crippen molar-refractivity contribution in [2.75, 3.05) is 31.6 Å². The molecule has 5 rings (SSSR count). The van der Waals surface area contributed by atoms with E-state index >= 15 is 0 Å². The van der Waals surface area contributed by atoms with Crippen LogP contribution in [0.2, 0.25) is 0 Å². The SMILES string of the molecule is C[C@@H](Nc1nc(C[NH+]2CCOCC2)nc2sc3c(c12)CCC3)c1ccc(F)cc1. The van der Waals surface area contributed by atoms with Crippen LogP contribution in [0.25, 0.3) is 10.2 Å². The molecule has 1 fully saturated rings. The fourth-order valence-electron chi connectivity index (χ4n) is 4.32.